The Morgan fingerprint density at radius 3 is 2.30 bits per heavy atom. The van der Waals surface area contributed by atoms with Gasteiger partial charge in [-0.1, -0.05) is 42.5 Å². The van der Waals surface area contributed by atoms with Crippen molar-refractivity contribution in [3.05, 3.63) is 72.4 Å². The molecule has 1 heterocycles. The molecule has 1 aromatic heterocycles. The lowest BCUT2D eigenvalue weighted by atomic mass is 10.0. The molecule has 114 valence electrons. The van der Waals surface area contributed by atoms with Crippen molar-refractivity contribution < 1.29 is 14.4 Å². The minimum Gasteiger partial charge on any atom is -0.299 e. The van der Waals surface area contributed by atoms with E-state index >= 15 is 0 Å². The summed E-state index contributed by atoms with van der Waals surface area (Å²) in [5, 5.41) is 0.915. The van der Waals surface area contributed by atoms with E-state index in [1.165, 1.54) is 0 Å². The highest BCUT2D eigenvalue weighted by Crippen LogP contribution is 2.23. The van der Waals surface area contributed by atoms with Crippen LogP contribution < -0.4 is 5.48 Å². The Morgan fingerprint density at radius 2 is 1.57 bits per heavy atom. The van der Waals surface area contributed by atoms with Gasteiger partial charge in [-0.05, 0) is 24.3 Å². The van der Waals surface area contributed by atoms with E-state index in [0.717, 1.165) is 5.39 Å². The molecule has 0 aliphatic carbocycles. The van der Waals surface area contributed by atoms with Crippen molar-refractivity contribution >= 4 is 29.2 Å². The second kappa shape index (κ2) is 6.37. The number of rotatable bonds is 6. The number of nitrogens with one attached hydrogen (secondary N) is 1. The molecule has 3 aromatic rings. The number of aldehydes is 2. The second-order valence-electron chi connectivity index (χ2n) is 4.99. The maximum Gasteiger partial charge on any atom is 0.247 e. The molecule has 0 unspecified atom stereocenters. The van der Waals surface area contributed by atoms with E-state index in [9.17, 15) is 9.59 Å². The van der Waals surface area contributed by atoms with E-state index in [1.807, 2.05) is 42.5 Å². The Kier molecular flexibility index (Phi) is 4.12. The lowest BCUT2D eigenvalue weighted by molar-refractivity contribution is -0.140. The summed E-state index contributed by atoms with van der Waals surface area (Å²) >= 11 is 0. The molecule has 2 aromatic carbocycles. The van der Waals surface area contributed by atoms with Gasteiger partial charge in [0.05, 0.1) is 16.9 Å². The zero-order valence-electron chi connectivity index (χ0n) is 12.2. The summed E-state index contributed by atoms with van der Waals surface area (Å²) in [7, 11) is 0. The maximum atomic E-state index is 11.6. The van der Waals surface area contributed by atoms with Gasteiger partial charge in [-0.2, -0.15) is 0 Å². The molecule has 3 rings (SSSR count). The molecule has 0 saturated heterocycles. The Labute approximate surface area is 132 Å². The summed E-state index contributed by atoms with van der Waals surface area (Å²) in [6.45, 7) is 0. The number of hydrogen-bond acceptors (Lipinski definition) is 5. The van der Waals surface area contributed by atoms with Crippen LogP contribution in [0, 0.1) is 0 Å². The summed E-state index contributed by atoms with van der Waals surface area (Å²) in [6, 6.07) is 19.8. The van der Waals surface area contributed by atoms with Gasteiger partial charge in [0, 0.05) is 5.39 Å². The third kappa shape index (κ3) is 2.95. The molecule has 0 fully saturated rings. The molecule has 0 saturated carbocycles. The predicted octanol–water partition coefficient (Wildman–Crippen LogP) is 2.87. The van der Waals surface area contributed by atoms with Crippen molar-refractivity contribution in [2.24, 2.45) is 0 Å². The highest BCUT2D eigenvalue weighted by Gasteiger charge is 2.36. The molecule has 0 aliphatic rings. The number of anilines is 1. The van der Waals surface area contributed by atoms with Crippen molar-refractivity contribution in [2.45, 2.75) is 5.60 Å². The molecule has 0 bridgehead atoms. The van der Waals surface area contributed by atoms with Crippen LogP contribution in [0.3, 0.4) is 0 Å². The summed E-state index contributed by atoms with van der Waals surface area (Å²) < 4.78 is 0. The fourth-order valence-electron chi connectivity index (χ4n) is 2.18. The van der Waals surface area contributed by atoms with Crippen molar-refractivity contribution in [2.75, 3.05) is 5.48 Å². The fraction of sp³-hybridized carbons (Fsp3) is 0.0556. The monoisotopic (exact) mass is 306 g/mol. The Hall–Kier alpha value is -3.05. The number of pyridine rings is 1. The first-order chi connectivity index (χ1) is 11.3. The van der Waals surface area contributed by atoms with E-state index in [2.05, 4.69) is 10.5 Å². The number of hydrogen-bond donors (Lipinski definition) is 1. The molecular weight excluding hydrogens is 292 g/mol. The van der Waals surface area contributed by atoms with Crippen LogP contribution in [-0.4, -0.2) is 17.6 Å². The van der Waals surface area contributed by atoms with Gasteiger partial charge in [0.1, 0.15) is 0 Å². The average molecular weight is 306 g/mol. The largest absolute Gasteiger partial charge is 0.299 e. The van der Waals surface area contributed by atoms with Crippen LogP contribution in [0.5, 0.6) is 0 Å². The van der Waals surface area contributed by atoms with E-state index < -0.39 is 5.60 Å². The molecule has 5 heteroatoms. The average Bonchev–Trinajstić information content (AvgIpc) is 2.64. The van der Waals surface area contributed by atoms with Crippen molar-refractivity contribution in [3.63, 3.8) is 0 Å². The number of para-hydroxylation sites is 2. The highest BCUT2D eigenvalue weighted by molar-refractivity contribution is 5.90. The van der Waals surface area contributed by atoms with E-state index in [4.69, 9.17) is 4.84 Å². The fourth-order valence-corrected chi connectivity index (χ4v) is 2.18. The van der Waals surface area contributed by atoms with Gasteiger partial charge in [-0.25, -0.2) is 9.82 Å². The molecule has 5 nitrogen and oxygen atoms in total. The standard InChI is InChI=1S/C18H14N2O3/c21-12-18(13-22,23-20-15-7-2-1-3-8-15)17-11-10-14-6-4-5-9-16(14)19-17/h1-13,20H. The normalized spacial score (nSPS) is 11.1. The van der Waals surface area contributed by atoms with Crippen LogP contribution in [0.1, 0.15) is 5.69 Å². The van der Waals surface area contributed by atoms with Gasteiger partial charge >= 0.3 is 0 Å². The first kappa shape index (κ1) is 14.9. The van der Waals surface area contributed by atoms with Gasteiger partial charge in [0.15, 0.2) is 12.6 Å². The predicted molar refractivity (Wildman–Crippen MR) is 86.7 cm³/mol. The van der Waals surface area contributed by atoms with Gasteiger partial charge in [-0.3, -0.25) is 15.1 Å². The van der Waals surface area contributed by atoms with Crippen LogP contribution in [0.4, 0.5) is 5.69 Å². The van der Waals surface area contributed by atoms with Crippen LogP contribution in [0.15, 0.2) is 66.7 Å². The molecule has 23 heavy (non-hydrogen) atoms. The van der Waals surface area contributed by atoms with Crippen molar-refractivity contribution in [3.8, 4) is 0 Å². The lowest BCUT2D eigenvalue weighted by Crippen LogP contribution is -2.36. The second-order valence-corrected chi connectivity index (χ2v) is 4.99. The highest BCUT2D eigenvalue weighted by atomic mass is 16.7. The Balaban J connectivity index is 1.95. The van der Waals surface area contributed by atoms with Gasteiger partial charge < -0.3 is 0 Å². The van der Waals surface area contributed by atoms with Crippen molar-refractivity contribution in [1.29, 1.82) is 0 Å². The smallest absolute Gasteiger partial charge is 0.247 e. The quantitative estimate of drug-likeness (QED) is 0.431. The molecule has 0 spiro atoms. The Morgan fingerprint density at radius 1 is 0.870 bits per heavy atom. The van der Waals surface area contributed by atoms with E-state index in [1.54, 1.807) is 24.3 Å². The zero-order chi connectivity index (χ0) is 16.1. The van der Waals surface area contributed by atoms with Crippen molar-refractivity contribution in [1.82, 2.24) is 4.98 Å². The number of nitrogens with zero attached hydrogens (tertiary/aromatic N) is 1. The maximum absolute atomic E-state index is 11.6. The first-order valence-electron chi connectivity index (χ1n) is 7.05. The van der Waals surface area contributed by atoms with Gasteiger partial charge in [-0.15, -0.1) is 0 Å². The third-order valence-corrected chi connectivity index (χ3v) is 3.46. The lowest BCUT2D eigenvalue weighted by Gasteiger charge is -2.22. The van der Waals surface area contributed by atoms with Gasteiger partial charge in [0.2, 0.25) is 5.60 Å². The number of fused-ring (bicyclic) bond motifs is 1. The number of benzene rings is 2. The molecule has 0 radical (unpaired) electrons. The number of carbonyl (C=O) groups is 2. The van der Waals surface area contributed by atoms with Crippen LogP contribution in [-0.2, 0) is 20.0 Å². The summed E-state index contributed by atoms with van der Waals surface area (Å²) in [4.78, 5) is 32.9. The van der Waals surface area contributed by atoms with Crippen LogP contribution in [0.2, 0.25) is 0 Å². The van der Waals surface area contributed by atoms with Crippen LogP contribution >= 0.6 is 0 Å². The minimum absolute atomic E-state index is 0.227. The molecule has 0 amide bonds. The minimum atomic E-state index is -1.81. The topological polar surface area (TPSA) is 68.3 Å². The molecule has 1 N–H and O–H groups in total. The number of aromatic nitrogens is 1. The third-order valence-electron chi connectivity index (χ3n) is 3.46. The molecule has 0 aliphatic heterocycles. The van der Waals surface area contributed by atoms with E-state index in [-0.39, 0.29) is 5.69 Å². The summed E-state index contributed by atoms with van der Waals surface area (Å²) in [5.41, 5.74) is 2.36. The first-order valence-corrected chi connectivity index (χ1v) is 7.05. The number of carbonyl (C=O) groups excluding carboxylic acids is 2. The van der Waals surface area contributed by atoms with E-state index in [0.29, 0.717) is 23.8 Å². The summed E-state index contributed by atoms with van der Waals surface area (Å²) in [5.74, 6) is 0. The zero-order valence-corrected chi connectivity index (χ0v) is 12.2. The van der Waals surface area contributed by atoms with Crippen LogP contribution in [0.25, 0.3) is 10.9 Å². The molecule has 0 atom stereocenters. The van der Waals surface area contributed by atoms with Gasteiger partial charge in [0.25, 0.3) is 0 Å². The SMILES string of the molecule is O=CC(C=O)(ONc1ccccc1)c1ccc2ccccc2n1. The summed E-state index contributed by atoms with van der Waals surface area (Å²) in [6.07, 6.45) is 0.875. The Bertz CT molecular complexity index is 826. The molecular formula is C18H14N2O3.